The third-order valence-corrected chi connectivity index (χ3v) is 6.33. The second-order valence-corrected chi connectivity index (χ2v) is 8.71. The van der Waals surface area contributed by atoms with Gasteiger partial charge in [0.25, 0.3) is 5.01 Å². The van der Waals surface area contributed by atoms with Gasteiger partial charge < -0.3 is 21.9 Å². The Kier molecular flexibility index (Phi) is 9.89. The first-order chi connectivity index (χ1) is 13.7. The summed E-state index contributed by atoms with van der Waals surface area (Å²) in [5, 5.41) is 1.34. The van der Waals surface area contributed by atoms with E-state index in [1.54, 1.807) is 0 Å². The Bertz CT molecular complexity index is 897. The maximum Gasteiger partial charge on any atom is 0.262 e. The highest BCUT2D eigenvalue weighted by Gasteiger charge is 2.17. The van der Waals surface area contributed by atoms with Crippen molar-refractivity contribution < 1.29 is 21.5 Å². The van der Waals surface area contributed by atoms with E-state index < -0.39 is 0 Å². The summed E-state index contributed by atoms with van der Waals surface area (Å²) >= 11 is 1.89. The number of rotatable bonds is 10. The number of thiazole rings is 1. The first-order valence-corrected chi connectivity index (χ1v) is 11.4. The van der Waals surface area contributed by atoms with E-state index in [0.29, 0.717) is 0 Å². The van der Waals surface area contributed by atoms with Gasteiger partial charge in [-0.3, -0.25) is 0 Å². The lowest BCUT2D eigenvalue weighted by atomic mass is 10.1. The molecule has 1 aromatic heterocycles. The molecule has 0 radical (unpaired) electrons. The summed E-state index contributed by atoms with van der Waals surface area (Å²) in [6, 6.07) is 17.5. The van der Waals surface area contributed by atoms with Crippen LogP contribution in [0.5, 0.6) is 0 Å². The summed E-state index contributed by atoms with van der Waals surface area (Å²) in [5.74, 6) is 0. The predicted molar refractivity (Wildman–Crippen MR) is 125 cm³/mol. The van der Waals surface area contributed by atoms with E-state index in [2.05, 4.69) is 91.2 Å². The van der Waals surface area contributed by atoms with Crippen LogP contribution in [0.3, 0.4) is 0 Å². The molecule has 0 atom stereocenters. The molecule has 2 aromatic carbocycles. The van der Waals surface area contributed by atoms with Gasteiger partial charge in [-0.05, 0) is 36.3 Å². The second kappa shape index (κ2) is 12.1. The summed E-state index contributed by atoms with van der Waals surface area (Å²) in [6.45, 7) is 3.38. The summed E-state index contributed by atoms with van der Waals surface area (Å²) < 4.78 is 3.88. The first-order valence-electron chi connectivity index (χ1n) is 10.6. The largest absolute Gasteiger partial charge is 1.00 e. The van der Waals surface area contributed by atoms with Crippen LogP contribution in [-0.4, -0.2) is 14.1 Å². The molecular formula is C25H33BrN2S. The van der Waals surface area contributed by atoms with E-state index >= 15 is 0 Å². The first kappa shape index (κ1) is 23.6. The SMILES string of the molecule is CCCCCCCC[n+]1c(C=Cc2ccc(N(C)C)cc2)sc2ccccc21.[Br-]. The fraction of sp³-hybridized carbons (Fsp3) is 0.400. The van der Waals surface area contributed by atoms with Gasteiger partial charge >= 0.3 is 0 Å². The topological polar surface area (TPSA) is 7.12 Å². The molecule has 3 aromatic rings. The number of fused-ring (bicyclic) bond motifs is 1. The Morgan fingerprint density at radius 1 is 0.862 bits per heavy atom. The van der Waals surface area contributed by atoms with Crippen molar-refractivity contribution in [1.29, 1.82) is 0 Å². The molecule has 0 amide bonds. The molecule has 4 heteroatoms. The fourth-order valence-electron chi connectivity index (χ4n) is 3.51. The molecule has 1 heterocycles. The van der Waals surface area contributed by atoms with Crippen LogP contribution in [0.25, 0.3) is 22.4 Å². The van der Waals surface area contributed by atoms with Gasteiger partial charge in [-0.1, -0.05) is 68.2 Å². The molecule has 29 heavy (non-hydrogen) atoms. The van der Waals surface area contributed by atoms with Crippen molar-refractivity contribution in [2.45, 2.75) is 52.0 Å². The number of aryl methyl sites for hydroxylation is 1. The van der Waals surface area contributed by atoms with Crippen LogP contribution >= 0.6 is 11.3 Å². The average Bonchev–Trinajstić information content (AvgIpc) is 3.07. The number of aromatic nitrogens is 1. The molecule has 3 rings (SSSR count). The number of anilines is 1. The van der Waals surface area contributed by atoms with Gasteiger partial charge in [-0.25, -0.2) is 0 Å². The zero-order chi connectivity index (χ0) is 19.8. The molecule has 0 aliphatic rings. The van der Waals surface area contributed by atoms with Crippen molar-refractivity contribution in [3.8, 4) is 0 Å². The maximum atomic E-state index is 2.50. The van der Waals surface area contributed by atoms with Crippen LogP contribution in [0.2, 0.25) is 0 Å². The van der Waals surface area contributed by atoms with Gasteiger partial charge in [-0.2, -0.15) is 4.57 Å². The number of hydrogen-bond donors (Lipinski definition) is 0. The van der Waals surface area contributed by atoms with Crippen molar-refractivity contribution in [2.24, 2.45) is 0 Å². The van der Waals surface area contributed by atoms with Crippen LogP contribution in [0.4, 0.5) is 5.69 Å². The monoisotopic (exact) mass is 472 g/mol. The minimum absolute atomic E-state index is 0. The average molecular weight is 474 g/mol. The Labute approximate surface area is 190 Å². The Balaban J connectivity index is 0.00000300. The van der Waals surface area contributed by atoms with Gasteiger partial charge in [0.2, 0.25) is 5.52 Å². The third kappa shape index (κ3) is 6.68. The molecule has 0 saturated carbocycles. The molecule has 0 N–H and O–H groups in total. The molecule has 0 unspecified atom stereocenters. The van der Waals surface area contributed by atoms with Gasteiger partial charge in [0.1, 0.15) is 4.70 Å². The molecule has 0 fully saturated rings. The normalized spacial score (nSPS) is 11.1. The summed E-state index contributed by atoms with van der Waals surface area (Å²) in [7, 11) is 4.15. The summed E-state index contributed by atoms with van der Waals surface area (Å²) in [4.78, 5) is 2.13. The van der Waals surface area contributed by atoms with E-state index in [0.717, 1.165) is 6.54 Å². The molecule has 0 saturated heterocycles. The van der Waals surface area contributed by atoms with Crippen LogP contribution in [0, 0.1) is 0 Å². The highest BCUT2D eigenvalue weighted by atomic mass is 79.9. The van der Waals surface area contributed by atoms with Crippen LogP contribution in [0.1, 0.15) is 56.0 Å². The van der Waals surface area contributed by atoms with Gasteiger partial charge in [-0.15, -0.1) is 0 Å². The van der Waals surface area contributed by atoms with E-state index in [1.807, 2.05) is 11.3 Å². The number of nitrogens with zero attached hydrogens (tertiary/aromatic N) is 2. The van der Waals surface area contributed by atoms with Gasteiger partial charge in [0.05, 0.1) is 0 Å². The van der Waals surface area contributed by atoms with Gasteiger partial charge in [0, 0.05) is 38.3 Å². The number of halogens is 1. The third-order valence-electron chi connectivity index (χ3n) is 5.20. The zero-order valence-corrected chi connectivity index (χ0v) is 20.3. The van der Waals surface area contributed by atoms with Crippen molar-refractivity contribution in [3.05, 3.63) is 59.1 Å². The molecule has 2 nitrogen and oxygen atoms in total. The minimum Gasteiger partial charge on any atom is -1.00 e. The standard InChI is InChI=1S/C25H33N2S.BrH/c1-4-5-6-7-8-11-20-27-23-12-9-10-13-24(23)28-25(27)19-16-21-14-17-22(18-15-21)26(2)3;/h9-10,12-19H,4-8,11,20H2,1-3H3;1H/q+1;/p-1. The van der Waals surface area contributed by atoms with Crippen molar-refractivity contribution in [2.75, 3.05) is 19.0 Å². The second-order valence-electron chi connectivity index (χ2n) is 7.65. The lowest BCUT2D eigenvalue weighted by molar-refractivity contribution is -0.669. The maximum absolute atomic E-state index is 2.50. The van der Waals surface area contributed by atoms with Crippen LogP contribution in [-0.2, 0) is 6.54 Å². The Morgan fingerprint density at radius 2 is 1.55 bits per heavy atom. The van der Waals surface area contributed by atoms with E-state index in [-0.39, 0.29) is 17.0 Å². The smallest absolute Gasteiger partial charge is 0.262 e. The van der Waals surface area contributed by atoms with Gasteiger partial charge in [0.15, 0.2) is 6.54 Å². The highest BCUT2D eigenvalue weighted by Crippen LogP contribution is 2.23. The molecule has 0 aliphatic heterocycles. The molecule has 0 spiro atoms. The minimum atomic E-state index is 0. The quantitative estimate of drug-likeness (QED) is 0.321. The summed E-state index contributed by atoms with van der Waals surface area (Å²) in [6.07, 6.45) is 12.5. The summed E-state index contributed by atoms with van der Waals surface area (Å²) in [5.41, 5.74) is 3.84. The molecule has 0 bridgehead atoms. The number of unbranched alkanes of at least 4 members (excludes halogenated alkanes) is 5. The molecular weight excluding hydrogens is 440 g/mol. The van der Waals surface area contributed by atoms with Crippen LogP contribution in [0.15, 0.2) is 48.5 Å². The van der Waals surface area contributed by atoms with E-state index in [9.17, 15) is 0 Å². The molecule has 156 valence electrons. The van der Waals surface area contributed by atoms with Crippen molar-refractivity contribution >= 4 is 39.4 Å². The number of para-hydroxylation sites is 1. The molecule has 0 aliphatic carbocycles. The zero-order valence-electron chi connectivity index (χ0n) is 17.9. The van der Waals surface area contributed by atoms with E-state index in [4.69, 9.17) is 0 Å². The van der Waals surface area contributed by atoms with Crippen molar-refractivity contribution in [3.63, 3.8) is 0 Å². The van der Waals surface area contributed by atoms with Crippen LogP contribution < -0.4 is 26.4 Å². The fourth-order valence-corrected chi connectivity index (χ4v) is 4.60. The van der Waals surface area contributed by atoms with E-state index in [1.165, 1.54) is 65.0 Å². The Hall–Kier alpha value is -1.65. The number of benzene rings is 2. The predicted octanol–water partition coefficient (Wildman–Crippen LogP) is 3.79. The highest BCUT2D eigenvalue weighted by molar-refractivity contribution is 7.18. The van der Waals surface area contributed by atoms with Crippen molar-refractivity contribution in [1.82, 2.24) is 0 Å². The lowest BCUT2D eigenvalue weighted by Gasteiger charge is -2.11. The number of hydrogen-bond acceptors (Lipinski definition) is 2. The Morgan fingerprint density at radius 3 is 2.28 bits per heavy atom. The lowest BCUT2D eigenvalue weighted by Crippen LogP contribution is -3.00.